The molecule has 0 radical (unpaired) electrons. The van der Waals surface area contributed by atoms with Crippen LogP contribution in [0.3, 0.4) is 0 Å². The summed E-state index contributed by atoms with van der Waals surface area (Å²) in [4.78, 5) is 2.81. The van der Waals surface area contributed by atoms with Crippen molar-refractivity contribution in [3.05, 3.63) is 0 Å². The molecule has 1 unspecified atom stereocenters. The first kappa shape index (κ1) is 18.2. The monoisotopic (exact) mass is 331 g/mol. The third-order valence-corrected chi connectivity index (χ3v) is 7.06. The van der Waals surface area contributed by atoms with Crippen LogP contribution in [0.15, 0.2) is 0 Å². The van der Waals surface area contributed by atoms with Gasteiger partial charge in [-0.3, -0.25) is 4.90 Å². The average Bonchev–Trinajstić information content (AvgIpc) is 2.20. The second-order valence-electron chi connectivity index (χ2n) is 4.16. The molecule has 0 aromatic rings. The highest BCUT2D eigenvalue weighted by atomic mass is 32.2. The summed E-state index contributed by atoms with van der Waals surface area (Å²) >= 11 is 10.6. The summed E-state index contributed by atoms with van der Waals surface area (Å²) in [6.45, 7) is 0. The molecule has 1 atom stereocenters. The van der Waals surface area contributed by atoms with Crippen LogP contribution in [0.2, 0.25) is 0 Å². The van der Waals surface area contributed by atoms with E-state index in [2.05, 4.69) is 0 Å². The Balaban J connectivity index is 4.69. The maximum Gasteiger partial charge on any atom is 0.385 e. The molecule has 0 aliphatic rings. The van der Waals surface area contributed by atoms with E-state index in [1.165, 1.54) is 0 Å². The van der Waals surface area contributed by atoms with Gasteiger partial charge >= 0.3 is 8.64 Å². The molecule has 9 heteroatoms. The predicted octanol–water partition coefficient (Wildman–Crippen LogP) is -1.18. The number of nitrogens with zero attached hydrogens (tertiary/aromatic N) is 1. The van der Waals surface area contributed by atoms with Gasteiger partial charge in [0.25, 0.3) is 0 Å². The van der Waals surface area contributed by atoms with Crippen molar-refractivity contribution in [1.82, 2.24) is 4.90 Å². The highest BCUT2D eigenvalue weighted by molar-refractivity contribution is 8.34. The zero-order valence-corrected chi connectivity index (χ0v) is 14.2. The lowest BCUT2D eigenvalue weighted by Gasteiger charge is -2.15. The zero-order chi connectivity index (χ0) is 14.5. The molecule has 0 heterocycles. The lowest BCUT2D eigenvalue weighted by Crippen LogP contribution is -3.09. The normalized spacial score (nSPS) is 13.4. The van der Waals surface area contributed by atoms with E-state index in [0.717, 1.165) is 9.22 Å². The molecule has 0 aromatic heterocycles. The number of thiocarbonyl (C=S) groups is 2. The third kappa shape index (κ3) is 6.95. The SMILES string of the molecule is CN(C)C(=S)[S+](CCCS(=O)(=O)[O-])C(=S)[NH+](C)C. The van der Waals surface area contributed by atoms with E-state index in [9.17, 15) is 13.0 Å². The number of rotatable bonds is 4. The van der Waals surface area contributed by atoms with Gasteiger partial charge in [0, 0.05) is 38.5 Å². The van der Waals surface area contributed by atoms with Crippen LogP contribution in [0.4, 0.5) is 0 Å². The summed E-state index contributed by atoms with van der Waals surface area (Å²) in [6, 6.07) is 0. The molecule has 0 bridgehead atoms. The lowest BCUT2D eigenvalue weighted by molar-refractivity contribution is -0.750. The molecule has 0 rings (SSSR count). The van der Waals surface area contributed by atoms with E-state index in [1.807, 2.05) is 28.2 Å². The molecule has 0 spiro atoms. The van der Waals surface area contributed by atoms with Crippen LogP contribution >= 0.6 is 24.4 Å². The Hall–Kier alpha value is 0.200. The van der Waals surface area contributed by atoms with Crippen LogP contribution in [0.1, 0.15) is 6.42 Å². The molecule has 0 amide bonds. The molecule has 0 aliphatic heterocycles. The van der Waals surface area contributed by atoms with Gasteiger partial charge in [0.15, 0.2) is 10.9 Å². The number of hydrogen-bond acceptors (Lipinski definition) is 5. The van der Waals surface area contributed by atoms with Gasteiger partial charge in [-0.1, -0.05) is 0 Å². The Morgan fingerprint density at radius 2 is 1.83 bits per heavy atom. The van der Waals surface area contributed by atoms with Gasteiger partial charge in [0.05, 0.1) is 24.2 Å². The van der Waals surface area contributed by atoms with Crippen molar-refractivity contribution in [2.75, 3.05) is 39.7 Å². The fourth-order valence-corrected chi connectivity index (χ4v) is 4.82. The van der Waals surface area contributed by atoms with Crippen molar-refractivity contribution < 1.29 is 17.9 Å². The van der Waals surface area contributed by atoms with Crippen LogP contribution in [0, 0.1) is 0 Å². The summed E-state index contributed by atoms with van der Waals surface area (Å²) in [6.07, 6.45) is 0.288. The van der Waals surface area contributed by atoms with E-state index in [4.69, 9.17) is 24.4 Å². The molecule has 106 valence electrons. The number of hydrogen-bond donors (Lipinski definition) is 1. The van der Waals surface area contributed by atoms with Crippen molar-refractivity contribution in [3.63, 3.8) is 0 Å². The van der Waals surface area contributed by atoms with E-state index < -0.39 is 21.0 Å². The maximum atomic E-state index is 10.6. The summed E-state index contributed by atoms with van der Waals surface area (Å²) in [7, 11) is 2.86. The first-order valence-corrected chi connectivity index (χ1v) is 9.05. The molecule has 1 N–H and O–H groups in total. The Bertz CT molecular complexity index is 386. The van der Waals surface area contributed by atoms with E-state index in [1.54, 1.807) is 4.90 Å². The van der Waals surface area contributed by atoms with Gasteiger partial charge in [0.2, 0.25) is 0 Å². The van der Waals surface area contributed by atoms with E-state index in [0.29, 0.717) is 10.1 Å². The standard InChI is InChI=1S/C9H18N2O3S4/c1-10(2)8(15)17(9(16)11(3)4)6-5-7-18(12,13)14/h5-7H2,1-4H3/p+1. The predicted molar refractivity (Wildman–Crippen MR) is 83.1 cm³/mol. The third-order valence-electron chi connectivity index (χ3n) is 1.95. The topological polar surface area (TPSA) is 64.9 Å². The van der Waals surface area contributed by atoms with Crippen molar-refractivity contribution in [2.45, 2.75) is 6.42 Å². The van der Waals surface area contributed by atoms with E-state index in [-0.39, 0.29) is 12.2 Å². The first-order chi connectivity index (χ1) is 8.06. The maximum absolute atomic E-state index is 10.6. The second-order valence-corrected chi connectivity index (χ2v) is 8.98. The molecule has 18 heavy (non-hydrogen) atoms. The van der Waals surface area contributed by atoms with Crippen LogP contribution in [0.5, 0.6) is 0 Å². The van der Waals surface area contributed by atoms with Crippen molar-refractivity contribution in [1.29, 1.82) is 0 Å². The van der Waals surface area contributed by atoms with Crippen molar-refractivity contribution >= 4 is 54.1 Å². The van der Waals surface area contributed by atoms with Gasteiger partial charge in [-0.05, 0) is 12.2 Å². The number of nitrogens with one attached hydrogen (secondary N) is 1. The smallest absolute Gasteiger partial charge is 0.385 e. The van der Waals surface area contributed by atoms with Gasteiger partial charge in [-0.15, -0.1) is 0 Å². The molecule has 0 saturated heterocycles. The molecule has 0 aromatic carbocycles. The Labute approximate surface area is 123 Å². The largest absolute Gasteiger partial charge is 0.748 e. The van der Waals surface area contributed by atoms with Gasteiger partial charge < -0.3 is 9.45 Å². The first-order valence-electron chi connectivity index (χ1n) is 5.26. The van der Waals surface area contributed by atoms with Gasteiger partial charge in [-0.25, -0.2) is 8.42 Å². The fraction of sp³-hybridized carbons (Fsp3) is 0.778. The molecule has 0 saturated carbocycles. The number of quaternary nitrogens is 1. The zero-order valence-electron chi connectivity index (χ0n) is 10.9. The van der Waals surface area contributed by atoms with Crippen molar-refractivity contribution in [3.8, 4) is 0 Å². The summed E-state index contributed by atoms with van der Waals surface area (Å²) in [5.41, 5.74) is 0. The molecular formula is C9H19N2O3S4+. The fourth-order valence-electron chi connectivity index (χ4n) is 1.11. The molecule has 0 aliphatic carbocycles. The molecule has 0 fully saturated rings. The highest BCUT2D eigenvalue weighted by Crippen LogP contribution is 2.07. The average molecular weight is 332 g/mol. The summed E-state index contributed by atoms with van der Waals surface area (Å²) < 4.78 is 33.2. The minimum atomic E-state index is -4.16. The van der Waals surface area contributed by atoms with Crippen LogP contribution in [-0.2, 0) is 21.0 Å². The van der Waals surface area contributed by atoms with Gasteiger partial charge in [0.1, 0.15) is 5.75 Å². The minimum Gasteiger partial charge on any atom is -0.748 e. The second kappa shape index (κ2) is 7.71. The lowest BCUT2D eigenvalue weighted by atomic mass is 10.6. The highest BCUT2D eigenvalue weighted by Gasteiger charge is 2.37. The molecule has 5 nitrogen and oxygen atoms in total. The quantitative estimate of drug-likeness (QED) is 0.397. The van der Waals surface area contributed by atoms with E-state index >= 15 is 0 Å². The minimum absolute atomic E-state index is 0.288. The van der Waals surface area contributed by atoms with Crippen LogP contribution in [-0.4, -0.2) is 66.2 Å². The van der Waals surface area contributed by atoms with Crippen molar-refractivity contribution in [2.24, 2.45) is 0 Å². The molecular weight excluding hydrogens is 312 g/mol. The Morgan fingerprint density at radius 1 is 1.33 bits per heavy atom. The Morgan fingerprint density at radius 3 is 2.17 bits per heavy atom. The summed E-state index contributed by atoms with van der Waals surface area (Å²) in [5.74, 6) is 0.153. The Kier molecular flexibility index (Phi) is 7.79. The van der Waals surface area contributed by atoms with Crippen LogP contribution in [0.25, 0.3) is 0 Å². The van der Waals surface area contributed by atoms with Crippen LogP contribution < -0.4 is 4.90 Å². The van der Waals surface area contributed by atoms with Gasteiger partial charge in [-0.2, -0.15) is 0 Å². The summed E-state index contributed by atoms with van der Waals surface area (Å²) in [5, 5.41) is 0.